The van der Waals surface area contributed by atoms with E-state index in [0.29, 0.717) is 29.3 Å². The second kappa shape index (κ2) is 8.72. The van der Waals surface area contributed by atoms with E-state index in [2.05, 4.69) is 10.3 Å². The number of carbonyl (C=O) groups excluding carboxylic acids is 3. The van der Waals surface area contributed by atoms with E-state index in [1.54, 1.807) is 24.3 Å². The normalized spacial score (nSPS) is 13.0. The SMILES string of the molecule is CC(C)COc1c[nH]c(CNC(=O)CCN2C(=O)c3ccccc3C2=O)cc1=O. The summed E-state index contributed by atoms with van der Waals surface area (Å²) in [5.41, 5.74) is 0.978. The van der Waals surface area contributed by atoms with Gasteiger partial charge in [0.15, 0.2) is 5.75 Å². The van der Waals surface area contributed by atoms with E-state index < -0.39 is 0 Å². The minimum atomic E-state index is -0.389. The van der Waals surface area contributed by atoms with Crippen molar-refractivity contribution in [3.63, 3.8) is 0 Å². The number of rotatable bonds is 8. The van der Waals surface area contributed by atoms with E-state index in [1.807, 2.05) is 13.8 Å². The molecule has 0 aliphatic carbocycles. The number of H-pyrrole nitrogens is 1. The van der Waals surface area contributed by atoms with Crippen LogP contribution < -0.4 is 15.5 Å². The smallest absolute Gasteiger partial charge is 0.261 e. The van der Waals surface area contributed by atoms with Crippen molar-refractivity contribution < 1.29 is 19.1 Å². The first-order valence-electron chi connectivity index (χ1n) is 9.43. The van der Waals surface area contributed by atoms with Gasteiger partial charge in [-0.05, 0) is 18.1 Å². The maximum Gasteiger partial charge on any atom is 0.261 e. The minimum absolute atomic E-state index is 0.00329. The maximum absolute atomic E-state index is 12.3. The fraction of sp³-hybridized carbons (Fsp3) is 0.333. The predicted octanol–water partition coefficient (Wildman–Crippen LogP) is 1.71. The van der Waals surface area contributed by atoms with Crippen LogP contribution in [0.15, 0.2) is 41.3 Å². The standard InChI is InChI=1S/C21H23N3O5/c1-13(2)12-29-18-11-22-14(9-17(18)25)10-23-19(26)7-8-24-20(27)15-5-3-4-6-16(15)21(24)28/h3-6,9,11,13H,7-8,10,12H2,1-2H3,(H,22,25)(H,23,26). The highest BCUT2D eigenvalue weighted by Gasteiger charge is 2.34. The van der Waals surface area contributed by atoms with Crippen LogP contribution in [0.2, 0.25) is 0 Å². The van der Waals surface area contributed by atoms with Gasteiger partial charge in [0.05, 0.1) is 24.3 Å². The van der Waals surface area contributed by atoms with E-state index in [-0.39, 0.29) is 48.4 Å². The van der Waals surface area contributed by atoms with Gasteiger partial charge in [-0.1, -0.05) is 26.0 Å². The van der Waals surface area contributed by atoms with Crippen LogP contribution in [0, 0.1) is 5.92 Å². The van der Waals surface area contributed by atoms with Crippen molar-refractivity contribution in [2.75, 3.05) is 13.2 Å². The summed E-state index contributed by atoms with van der Waals surface area (Å²) in [4.78, 5) is 52.7. The Kier molecular flexibility index (Phi) is 6.11. The topological polar surface area (TPSA) is 109 Å². The largest absolute Gasteiger partial charge is 0.488 e. The lowest BCUT2D eigenvalue weighted by molar-refractivity contribution is -0.121. The van der Waals surface area contributed by atoms with E-state index in [0.717, 1.165) is 4.90 Å². The second-order valence-corrected chi connectivity index (χ2v) is 7.23. The van der Waals surface area contributed by atoms with Crippen LogP contribution in [0.5, 0.6) is 5.75 Å². The lowest BCUT2D eigenvalue weighted by atomic mass is 10.1. The molecular weight excluding hydrogens is 374 g/mol. The van der Waals surface area contributed by atoms with Crippen molar-refractivity contribution in [3.8, 4) is 5.75 Å². The fourth-order valence-corrected chi connectivity index (χ4v) is 2.91. The highest BCUT2D eigenvalue weighted by molar-refractivity contribution is 6.21. The fourth-order valence-electron chi connectivity index (χ4n) is 2.91. The Morgan fingerprint density at radius 1 is 1.14 bits per heavy atom. The number of aromatic nitrogens is 1. The number of ether oxygens (including phenoxy) is 1. The number of imide groups is 1. The van der Waals surface area contributed by atoms with E-state index in [4.69, 9.17) is 4.74 Å². The second-order valence-electron chi connectivity index (χ2n) is 7.23. The molecule has 1 aliphatic heterocycles. The van der Waals surface area contributed by atoms with Crippen molar-refractivity contribution in [1.82, 2.24) is 15.2 Å². The summed E-state index contributed by atoms with van der Waals surface area (Å²) in [6.45, 7) is 4.54. The number of amides is 3. The number of pyridine rings is 1. The van der Waals surface area contributed by atoms with Gasteiger partial charge in [-0.3, -0.25) is 24.1 Å². The Hall–Kier alpha value is -3.42. The highest BCUT2D eigenvalue weighted by Crippen LogP contribution is 2.22. The van der Waals surface area contributed by atoms with E-state index in [1.165, 1.54) is 12.3 Å². The number of fused-ring (bicyclic) bond motifs is 1. The molecule has 8 nitrogen and oxygen atoms in total. The molecule has 1 aliphatic rings. The molecule has 152 valence electrons. The molecule has 8 heteroatoms. The Balaban J connectivity index is 1.50. The van der Waals surface area contributed by atoms with E-state index >= 15 is 0 Å². The zero-order valence-electron chi connectivity index (χ0n) is 16.4. The average molecular weight is 397 g/mol. The summed E-state index contributed by atoms with van der Waals surface area (Å²) in [7, 11) is 0. The molecule has 3 rings (SSSR count). The van der Waals surface area contributed by atoms with Crippen LogP contribution in [0.1, 0.15) is 46.7 Å². The number of carbonyl (C=O) groups is 3. The zero-order valence-corrected chi connectivity index (χ0v) is 16.4. The summed E-state index contributed by atoms with van der Waals surface area (Å²) in [5, 5.41) is 2.67. The molecule has 0 bridgehead atoms. The van der Waals surface area contributed by atoms with Gasteiger partial charge in [0.1, 0.15) is 0 Å². The summed E-state index contributed by atoms with van der Waals surface area (Å²) in [5.74, 6) is -0.572. The first-order valence-corrected chi connectivity index (χ1v) is 9.43. The number of benzene rings is 1. The molecule has 0 spiro atoms. The van der Waals surface area contributed by atoms with Gasteiger partial charge < -0.3 is 15.0 Å². The zero-order chi connectivity index (χ0) is 21.0. The molecular formula is C21H23N3O5. The van der Waals surface area contributed by atoms with Gasteiger partial charge in [0, 0.05) is 30.9 Å². The number of hydrogen-bond acceptors (Lipinski definition) is 5. The molecule has 0 atom stereocenters. The molecule has 2 aromatic rings. The predicted molar refractivity (Wildman–Crippen MR) is 106 cm³/mol. The average Bonchev–Trinajstić information content (AvgIpc) is 2.94. The quantitative estimate of drug-likeness (QED) is 0.659. The van der Waals surface area contributed by atoms with Crippen molar-refractivity contribution >= 4 is 17.7 Å². The van der Waals surface area contributed by atoms with Gasteiger partial charge >= 0.3 is 0 Å². The molecule has 1 aromatic carbocycles. The number of aromatic amines is 1. The first kappa shape index (κ1) is 20.3. The van der Waals surface area contributed by atoms with Gasteiger partial charge in [0.25, 0.3) is 11.8 Å². The van der Waals surface area contributed by atoms with Gasteiger partial charge in [-0.15, -0.1) is 0 Å². The third-order valence-electron chi connectivity index (χ3n) is 4.43. The molecule has 2 heterocycles. The Morgan fingerprint density at radius 3 is 2.38 bits per heavy atom. The van der Waals surface area contributed by atoms with Crippen LogP contribution in [-0.2, 0) is 11.3 Å². The van der Waals surface area contributed by atoms with Gasteiger partial charge in [0.2, 0.25) is 11.3 Å². The number of hydrogen-bond donors (Lipinski definition) is 2. The molecule has 0 fully saturated rings. The third-order valence-corrected chi connectivity index (χ3v) is 4.43. The Labute approximate surface area is 167 Å². The van der Waals surface area contributed by atoms with Crippen molar-refractivity contribution in [2.24, 2.45) is 5.92 Å². The molecule has 0 radical (unpaired) electrons. The lowest BCUT2D eigenvalue weighted by Gasteiger charge is -2.13. The van der Waals surface area contributed by atoms with E-state index in [9.17, 15) is 19.2 Å². The maximum atomic E-state index is 12.3. The van der Waals surface area contributed by atoms with Crippen LogP contribution in [0.3, 0.4) is 0 Å². The molecule has 29 heavy (non-hydrogen) atoms. The first-order chi connectivity index (χ1) is 13.9. The Bertz CT molecular complexity index is 961. The molecule has 0 unspecified atom stereocenters. The molecule has 0 saturated heterocycles. The molecule has 2 N–H and O–H groups in total. The van der Waals surface area contributed by atoms with Crippen molar-refractivity contribution in [2.45, 2.75) is 26.8 Å². The van der Waals surface area contributed by atoms with Crippen LogP contribution in [0.4, 0.5) is 0 Å². The number of nitrogens with zero attached hydrogens (tertiary/aromatic N) is 1. The Morgan fingerprint density at radius 2 is 1.79 bits per heavy atom. The number of nitrogens with one attached hydrogen (secondary N) is 2. The summed E-state index contributed by atoms with van der Waals surface area (Å²) in [6.07, 6.45) is 1.45. The summed E-state index contributed by atoms with van der Waals surface area (Å²) in [6, 6.07) is 7.96. The summed E-state index contributed by atoms with van der Waals surface area (Å²) < 4.78 is 5.42. The van der Waals surface area contributed by atoms with Crippen LogP contribution in [0.25, 0.3) is 0 Å². The van der Waals surface area contributed by atoms with Gasteiger partial charge in [-0.2, -0.15) is 0 Å². The van der Waals surface area contributed by atoms with Crippen LogP contribution >= 0.6 is 0 Å². The highest BCUT2D eigenvalue weighted by atomic mass is 16.5. The van der Waals surface area contributed by atoms with Crippen molar-refractivity contribution in [3.05, 3.63) is 63.6 Å². The lowest BCUT2D eigenvalue weighted by Crippen LogP contribution is -2.34. The monoisotopic (exact) mass is 397 g/mol. The minimum Gasteiger partial charge on any atom is -0.488 e. The third kappa shape index (κ3) is 4.71. The molecule has 1 aromatic heterocycles. The van der Waals surface area contributed by atoms with Gasteiger partial charge in [-0.25, -0.2) is 0 Å². The molecule has 3 amide bonds. The van der Waals surface area contributed by atoms with Crippen LogP contribution in [-0.4, -0.2) is 40.8 Å². The summed E-state index contributed by atoms with van der Waals surface area (Å²) >= 11 is 0. The van der Waals surface area contributed by atoms with Crippen molar-refractivity contribution in [1.29, 1.82) is 0 Å². The molecule has 0 saturated carbocycles.